The number of halogens is 1. The summed E-state index contributed by atoms with van der Waals surface area (Å²) in [6.07, 6.45) is 2.58. The van der Waals surface area contributed by atoms with Gasteiger partial charge in [0.25, 0.3) is 5.91 Å². The summed E-state index contributed by atoms with van der Waals surface area (Å²) in [4.78, 5) is 23.5. The van der Waals surface area contributed by atoms with Gasteiger partial charge in [0.1, 0.15) is 11.9 Å². The number of nitrogens with one attached hydrogen (secondary N) is 2. The van der Waals surface area contributed by atoms with Gasteiger partial charge in [-0.1, -0.05) is 47.1 Å². The van der Waals surface area contributed by atoms with Gasteiger partial charge in [-0.15, -0.1) is 0 Å². The molecule has 8 heteroatoms. The van der Waals surface area contributed by atoms with Crippen molar-refractivity contribution in [1.29, 1.82) is 0 Å². The Balaban J connectivity index is 2.14. The molecule has 7 nitrogen and oxygen atoms in total. The van der Waals surface area contributed by atoms with Crippen LogP contribution in [0.2, 0.25) is 0 Å². The monoisotopic (exact) mass is 462 g/mol. The van der Waals surface area contributed by atoms with Gasteiger partial charge in [-0.3, -0.25) is 15.3 Å². The largest absolute Gasteiger partial charge is 0.508 e. The Hall–Kier alpha value is -2.84. The molecular formula is C21H23BrN2O5. The van der Waals surface area contributed by atoms with Crippen LogP contribution in [0.5, 0.6) is 5.75 Å². The number of phenolic OH excluding ortho intramolecular Hbond substituents is 1. The van der Waals surface area contributed by atoms with Crippen LogP contribution in [0.25, 0.3) is 0 Å². The lowest BCUT2D eigenvalue weighted by molar-refractivity contribution is -0.124. The third kappa shape index (κ3) is 7.24. The maximum atomic E-state index is 12.4. The molecule has 4 N–H and O–H groups in total. The fraction of sp³-hybridized carbons (Fsp3) is 0.238. The Morgan fingerprint density at radius 1 is 1.21 bits per heavy atom. The summed E-state index contributed by atoms with van der Waals surface area (Å²) in [6, 6.07) is 13.9. The standard InChI is InChI=1S/C21H23BrN2O5/c1-14(7-5-6-10-19(26)24-28)20(17-13-15(22)11-12-18(17)25)29-21(27)23-16-8-3-2-4-9-16/h2-4,6,8-14,20,25,28H,5,7H2,1H3,(H,23,27)(H,24,26)/b10-6+/t14-,20-/m0/s1. The summed E-state index contributed by atoms with van der Waals surface area (Å²) in [5, 5.41) is 21.5. The molecule has 2 aromatic rings. The summed E-state index contributed by atoms with van der Waals surface area (Å²) in [6.45, 7) is 1.89. The van der Waals surface area contributed by atoms with Crippen molar-refractivity contribution in [2.75, 3.05) is 5.32 Å². The summed E-state index contributed by atoms with van der Waals surface area (Å²) in [5.41, 5.74) is 2.60. The number of hydrogen-bond acceptors (Lipinski definition) is 5. The van der Waals surface area contributed by atoms with Crippen molar-refractivity contribution in [1.82, 2.24) is 5.48 Å². The number of allylic oxidation sites excluding steroid dienone is 1. The average molecular weight is 463 g/mol. The van der Waals surface area contributed by atoms with E-state index in [4.69, 9.17) is 9.94 Å². The topological polar surface area (TPSA) is 108 Å². The molecule has 0 bridgehead atoms. The summed E-state index contributed by atoms with van der Waals surface area (Å²) in [5.74, 6) is -0.761. The summed E-state index contributed by atoms with van der Waals surface area (Å²) in [7, 11) is 0. The zero-order valence-corrected chi connectivity index (χ0v) is 17.4. The predicted molar refractivity (Wildman–Crippen MR) is 113 cm³/mol. The Kier molecular flexibility index (Phi) is 8.69. The second-order valence-electron chi connectivity index (χ2n) is 6.45. The van der Waals surface area contributed by atoms with Gasteiger partial charge in [0.2, 0.25) is 0 Å². The summed E-state index contributed by atoms with van der Waals surface area (Å²) >= 11 is 3.37. The number of hydroxylamine groups is 1. The van der Waals surface area contributed by atoms with Crippen LogP contribution < -0.4 is 10.8 Å². The number of amides is 2. The highest BCUT2D eigenvalue weighted by Crippen LogP contribution is 2.36. The van der Waals surface area contributed by atoms with Crippen LogP contribution in [0.15, 0.2) is 65.2 Å². The van der Waals surface area contributed by atoms with E-state index in [1.165, 1.54) is 17.6 Å². The highest BCUT2D eigenvalue weighted by atomic mass is 79.9. The van der Waals surface area contributed by atoms with Gasteiger partial charge in [0, 0.05) is 21.8 Å². The lowest BCUT2D eigenvalue weighted by Crippen LogP contribution is -2.22. The number of rotatable bonds is 8. The lowest BCUT2D eigenvalue weighted by atomic mass is 9.92. The van der Waals surface area contributed by atoms with Gasteiger partial charge in [0.05, 0.1) is 0 Å². The number of para-hydroxylation sites is 1. The van der Waals surface area contributed by atoms with Gasteiger partial charge >= 0.3 is 6.09 Å². The van der Waals surface area contributed by atoms with E-state index >= 15 is 0 Å². The van der Waals surface area contributed by atoms with E-state index in [2.05, 4.69) is 21.2 Å². The fourth-order valence-electron chi connectivity index (χ4n) is 2.76. The van der Waals surface area contributed by atoms with Gasteiger partial charge in [0.15, 0.2) is 0 Å². The van der Waals surface area contributed by atoms with Crippen LogP contribution in [0.1, 0.15) is 31.4 Å². The third-order valence-electron chi connectivity index (χ3n) is 4.24. The first-order chi connectivity index (χ1) is 13.9. The van der Waals surface area contributed by atoms with Crippen molar-refractivity contribution in [3.63, 3.8) is 0 Å². The minimum Gasteiger partial charge on any atom is -0.508 e. The van der Waals surface area contributed by atoms with Crippen molar-refractivity contribution in [3.05, 3.63) is 70.7 Å². The lowest BCUT2D eigenvalue weighted by Gasteiger charge is -2.25. The molecule has 0 saturated heterocycles. The molecule has 0 aromatic heterocycles. The van der Waals surface area contributed by atoms with Crippen molar-refractivity contribution in [2.45, 2.75) is 25.9 Å². The minimum atomic E-state index is -0.712. The SMILES string of the molecule is C[C@@H](CC/C=C/C(=O)NO)[C@H](OC(=O)Nc1ccccc1)c1cc(Br)ccc1O. The van der Waals surface area contributed by atoms with E-state index < -0.39 is 18.1 Å². The molecule has 2 aromatic carbocycles. The molecule has 0 unspecified atom stereocenters. The average Bonchev–Trinajstić information content (AvgIpc) is 2.71. The maximum absolute atomic E-state index is 12.4. The maximum Gasteiger partial charge on any atom is 0.412 e. The number of ether oxygens (including phenoxy) is 1. The van der Waals surface area contributed by atoms with Crippen LogP contribution in [0, 0.1) is 5.92 Å². The number of carbonyl (C=O) groups is 2. The molecule has 0 saturated carbocycles. The zero-order valence-electron chi connectivity index (χ0n) is 15.8. The molecule has 2 rings (SSSR count). The van der Waals surface area contributed by atoms with Crippen molar-refractivity contribution < 1.29 is 24.6 Å². The third-order valence-corrected chi connectivity index (χ3v) is 4.73. The van der Waals surface area contributed by atoms with E-state index in [0.717, 1.165) is 4.47 Å². The van der Waals surface area contributed by atoms with Crippen LogP contribution in [0.4, 0.5) is 10.5 Å². The molecule has 0 radical (unpaired) electrons. The fourth-order valence-corrected chi connectivity index (χ4v) is 3.14. The second-order valence-corrected chi connectivity index (χ2v) is 7.37. The second kappa shape index (κ2) is 11.2. The normalized spacial score (nSPS) is 12.9. The quantitative estimate of drug-likeness (QED) is 0.253. The van der Waals surface area contributed by atoms with E-state index in [1.807, 2.05) is 13.0 Å². The first-order valence-electron chi connectivity index (χ1n) is 9.02. The van der Waals surface area contributed by atoms with Crippen LogP contribution in [-0.4, -0.2) is 22.3 Å². The number of hydrogen-bond donors (Lipinski definition) is 4. The highest BCUT2D eigenvalue weighted by molar-refractivity contribution is 9.10. The minimum absolute atomic E-state index is 0.0211. The first kappa shape index (κ1) is 22.4. The molecular weight excluding hydrogens is 440 g/mol. The zero-order chi connectivity index (χ0) is 21.2. The number of anilines is 1. The molecule has 2 amide bonds. The molecule has 0 aliphatic heterocycles. The number of phenols is 1. The predicted octanol–water partition coefficient (Wildman–Crippen LogP) is 4.92. The first-order valence-corrected chi connectivity index (χ1v) is 9.81. The molecule has 0 spiro atoms. The van der Waals surface area contributed by atoms with Crippen LogP contribution in [-0.2, 0) is 9.53 Å². The van der Waals surface area contributed by atoms with E-state index in [1.54, 1.807) is 42.5 Å². The van der Waals surface area contributed by atoms with Gasteiger partial charge in [-0.25, -0.2) is 10.3 Å². The smallest absolute Gasteiger partial charge is 0.412 e. The van der Waals surface area contributed by atoms with E-state index in [-0.39, 0.29) is 11.7 Å². The number of aromatic hydroxyl groups is 1. The molecule has 29 heavy (non-hydrogen) atoms. The molecule has 2 atom stereocenters. The Morgan fingerprint density at radius 2 is 1.93 bits per heavy atom. The molecule has 0 aliphatic carbocycles. The number of benzene rings is 2. The van der Waals surface area contributed by atoms with Crippen LogP contribution in [0.3, 0.4) is 0 Å². The van der Waals surface area contributed by atoms with E-state index in [9.17, 15) is 14.7 Å². The van der Waals surface area contributed by atoms with E-state index in [0.29, 0.717) is 24.1 Å². The Morgan fingerprint density at radius 3 is 2.62 bits per heavy atom. The summed E-state index contributed by atoms with van der Waals surface area (Å²) < 4.78 is 6.41. The Labute approximate surface area is 177 Å². The molecule has 0 heterocycles. The van der Waals surface area contributed by atoms with Crippen molar-refractivity contribution in [3.8, 4) is 5.75 Å². The molecule has 0 aliphatic rings. The van der Waals surface area contributed by atoms with Gasteiger partial charge in [-0.2, -0.15) is 0 Å². The van der Waals surface area contributed by atoms with Crippen LogP contribution >= 0.6 is 15.9 Å². The molecule has 0 fully saturated rings. The van der Waals surface area contributed by atoms with Crippen molar-refractivity contribution in [2.24, 2.45) is 5.92 Å². The Bertz CT molecular complexity index is 857. The number of carbonyl (C=O) groups excluding carboxylic acids is 2. The molecule has 154 valence electrons. The highest BCUT2D eigenvalue weighted by Gasteiger charge is 2.26. The van der Waals surface area contributed by atoms with Gasteiger partial charge < -0.3 is 9.84 Å². The van der Waals surface area contributed by atoms with Gasteiger partial charge in [-0.05, 0) is 49.1 Å². The van der Waals surface area contributed by atoms with Crippen molar-refractivity contribution >= 4 is 33.6 Å².